The third-order valence-corrected chi connectivity index (χ3v) is 2.30. The Bertz CT molecular complexity index is 530. The van der Waals surface area contributed by atoms with Crippen molar-refractivity contribution in [2.45, 2.75) is 13.8 Å². The molecule has 5 nitrogen and oxygen atoms in total. The van der Waals surface area contributed by atoms with Gasteiger partial charge in [0.25, 0.3) is 5.91 Å². The fourth-order valence-electron chi connectivity index (χ4n) is 1.46. The Morgan fingerprint density at radius 1 is 1.53 bits per heavy atom. The van der Waals surface area contributed by atoms with Gasteiger partial charge in [-0.15, -0.1) is 0 Å². The van der Waals surface area contributed by atoms with Crippen molar-refractivity contribution < 1.29 is 14.6 Å². The molecule has 0 radical (unpaired) electrons. The molecule has 5 heteroatoms. The molecule has 0 aliphatic carbocycles. The molecule has 0 spiro atoms. The lowest BCUT2D eigenvalue weighted by Gasteiger charge is -2.06. The predicted octanol–water partition coefficient (Wildman–Crippen LogP) is 1.83. The van der Waals surface area contributed by atoms with E-state index in [1.54, 1.807) is 26.0 Å². The number of carbonyl (C=O) groups excluding carboxylic acids is 1. The Hall–Kier alpha value is -2.48. The van der Waals surface area contributed by atoms with Crippen LogP contribution in [-0.4, -0.2) is 24.2 Å². The summed E-state index contributed by atoms with van der Waals surface area (Å²) in [5, 5.41) is 21.1. The van der Waals surface area contributed by atoms with Crippen molar-refractivity contribution in [2.75, 3.05) is 13.2 Å². The van der Waals surface area contributed by atoms with Gasteiger partial charge in [-0.2, -0.15) is 5.26 Å². The molecule has 0 heterocycles. The van der Waals surface area contributed by atoms with Gasteiger partial charge in [0.15, 0.2) is 11.5 Å². The highest BCUT2D eigenvalue weighted by molar-refractivity contribution is 6.01. The van der Waals surface area contributed by atoms with Gasteiger partial charge in [0.2, 0.25) is 0 Å². The van der Waals surface area contributed by atoms with Crippen molar-refractivity contribution in [3.05, 3.63) is 29.3 Å². The Balaban J connectivity index is 3.06. The van der Waals surface area contributed by atoms with Gasteiger partial charge >= 0.3 is 0 Å². The van der Waals surface area contributed by atoms with Crippen molar-refractivity contribution in [1.29, 1.82) is 5.26 Å². The predicted molar refractivity (Wildman–Crippen MR) is 71.5 cm³/mol. The summed E-state index contributed by atoms with van der Waals surface area (Å²) in [4.78, 5) is 11.6. The molecule has 0 aliphatic rings. The van der Waals surface area contributed by atoms with E-state index < -0.39 is 5.91 Å². The van der Waals surface area contributed by atoms with Gasteiger partial charge < -0.3 is 15.2 Å². The molecule has 2 N–H and O–H groups in total. The lowest BCUT2D eigenvalue weighted by molar-refractivity contribution is -0.116. The third kappa shape index (κ3) is 4.03. The Labute approximate surface area is 112 Å². The number of likely N-dealkylation sites (N-methyl/N-ethyl adjacent to an activating group) is 1. The zero-order chi connectivity index (χ0) is 14.3. The molecule has 0 aliphatic heterocycles. The van der Waals surface area contributed by atoms with E-state index >= 15 is 0 Å². The Morgan fingerprint density at radius 3 is 2.84 bits per heavy atom. The lowest BCUT2D eigenvalue weighted by Crippen LogP contribution is -2.23. The summed E-state index contributed by atoms with van der Waals surface area (Å²) < 4.78 is 5.24. The topological polar surface area (TPSA) is 82.4 Å². The van der Waals surface area contributed by atoms with Crippen LogP contribution in [0.1, 0.15) is 19.4 Å². The monoisotopic (exact) mass is 260 g/mol. The van der Waals surface area contributed by atoms with Crippen LogP contribution in [-0.2, 0) is 4.79 Å². The van der Waals surface area contributed by atoms with E-state index in [1.165, 1.54) is 12.1 Å². The minimum atomic E-state index is -0.420. The molecular weight excluding hydrogens is 244 g/mol. The van der Waals surface area contributed by atoms with Crippen LogP contribution >= 0.6 is 0 Å². The average molecular weight is 260 g/mol. The number of amides is 1. The van der Waals surface area contributed by atoms with E-state index in [2.05, 4.69) is 5.32 Å². The highest BCUT2D eigenvalue weighted by Gasteiger charge is 2.08. The van der Waals surface area contributed by atoms with Crippen molar-refractivity contribution >= 4 is 12.0 Å². The van der Waals surface area contributed by atoms with Gasteiger partial charge in [0.1, 0.15) is 11.6 Å². The molecule has 1 aromatic rings. The summed E-state index contributed by atoms with van der Waals surface area (Å²) in [7, 11) is 0. The first kappa shape index (κ1) is 14.6. The maximum absolute atomic E-state index is 11.6. The van der Waals surface area contributed by atoms with Gasteiger partial charge in [-0.25, -0.2) is 0 Å². The third-order valence-electron chi connectivity index (χ3n) is 2.30. The Kier molecular flexibility index (Phi) is 5.42. The van der Waals surface area contributed by atoms with E-state index in [-0.39, 0.29) is 11.3 Å². The van der Waals surface area contributed by atoms with E-state index in [0.29, 0.717) is 24.5 Å². The van der Waals surface area contributed by atoms with Gasteiger partial charge in [0, 0.05) is 6.54 Å². The maximum atomic E-state index is 11.6. The number of nitriles is 1. The van der Waals surface area contributed by atoms with Crippen LogP contribution in [0.2, 0.25) is 0 Å². The fraction of sp³-hybridized carbons (Fsp3) is 0.286. The molecule has 0 unspecified atom stereocenters. The number of aromatic hydroxyl groups is 1. The van der Waals surface area contributed by atoms with Crippen molar-refractivity contribution in [1.82, 2.24) is 5.32 Å². The molecule has 1 aromatic carbocycles. The molecule has 0 saturated heterocycles. The standard InChI is InChI=1S/C14H16N2O3/c1-3-16-14(18)11(9-15)7-10-5-6-12(17)13(8-10)19-4-2/h5-8,17H,3-4H2,1-2H3,(H,16,18)/b11-7+. The van der Waals surface area contributed by atoms with Crippen LogP contribution in [0.3, 0.4) is 0 Å². The second-order valence-corrected chi connectivity index (χ2v) is 3.69. The first-order valence-electron chi connectivity index (χ1n) is 5.98. The van der Waals surface area contributed by atoms with E-state index in [0.717, 1.165) is 0 Å². The average Bonchev–Trinajstić information content (AvgIpc) is 2.40. The number of benzene rings is 1. The van der Waals surface area contributed by atoms with E-state index in [9.17, 15) is 9.90 Å². The van der Waals surface area contributed by atoms with Crippen LogP contribution < -0.4 is 10.1 Å². The Morgan fingerprint density at radius 2 is 2.26 bits per heavy atom. The number of carbonyl (C=O) groups is 1. The molecule has 0 saturated carbocycles. The summed E-state index contributed by atoms with van der Waals surface area (Å²) in [6, 6.07) is 6.49. The first-order valence-corrected chi connectivity index (χ1v) is 5.98. The highest BCUT2D eigenvalue weighted by atomic mass is 16.5. The van der Waals surface area contributed by atoms with Crippen LogP contribution in [0.15, 0.2) is 23.8 Å². The fourth-order valence-corrected chi connectivity index (χ4v) is 1.46. The van der Waals surface area contributed by atoms with E-state index in [1.807, 2.05) is 6.07 Å². The zero-order valence-corrected chi connectivity index (χ0v) is 10.9. The van der Waals surface area contributed by atoms with Gasteiger partial charge in [-0.1, -0.05) is 6.07 Å². The molecule has 1 amide bonds. The molecule has 0 atom stereocenters. The number of nitrogens with one attached hydrogen (secondary N) is 1. The number of phenolic OH excluding ortho intramolecular Hbond substituents is 1. The SMILES string of the molecule is CCNC(=O)/C(C#N)=C/c1ccc(O)c(OCC)c1. The molecule has 0 aromatic heterocycles. The van der Waals surface area contributed by atoms with Crippen LogP contribution in [0, 0.1) is 11.3 Å². The largest absolute Gasteiger partial charge is 0.504 e. The molecule has 19 heavy (non-hydrogen) atoms. The number of nitrogens with zero attached hydrogens (tertiary/aromatic N) is 1. The van der Waals surface area contributed by atoms with E-state index in [4.69, 9.17) is 10.00 Å². The summed E-state index contributed by atoms with van der Waals surface area (Å²) >= 11 is 0. The zero-order valence-electron chi connectivity index (χ0n) is 10.9. The summed E-state index contributed by atoms with van der Waals surface area (Å²) in [6.45, 7) is 4.46. The number of phenols is 1. The minimum absolute atomic E-state index is 0.00925. The van der Waals surface area contributed by atoms with Crippen LogP contribution in [0.25, 0.3) is 6.08 Å². The summed E-state index contributed by atoms with van der Waals surface area (Å²) in [5.74, 6) is -0.0732. The number of rotatable bonds is 5. The second-order valence-electron chi connectivity index (χ2n) is 3.69. The normalized spacial score (nSPS) is 10.7. The molecule has 100 valence electrons. The highest BCUT2D eigenvalue weighted by Crippen LogP contribution is 2.27. The molecule has 0 fully saturated rings. The number of ether oxygens (including phenoxy) is 1. The van der Waals surface area contributed by atoms with Crippen molar-refractivity contribution in [3.63, 3.8) is 0 Å². The lowest BCUT2D eigenvalue weighted by atomic mass is 10.1. The molecular formula is C14H16N2O3. The molecule has 1 rings (SSSR count). The van der Waals surface area contributed by atoms with Crippen LogP contribution in [0.4, 0.5) is 0 Å². The second kappa shape index (κ2) is 7.07. The van der Waals surface area contributed by atoms with Crippen molar-refractivity contribution in [2.24, 2.45) is 0 Å². The smallest absolute Gasteiger partial charge is 0.261 e. The quantitative estimate of drug-likeness (QED) is 0.625. The summed E-state index contributed by atoms with van der Waals surface area (Å²) in [6.07, 6.45) is 1.45. The van der Waals surface area contributed by atoms with Crippen LogP contribution in [0.5, 0.6) is 11.5 Å². The summed E-state index contributed by atoms with van der Waals surface area (Å²) in [5.41, 5.74) is 0.624. The van der Waals surface area contributed by atoms with Crippen molar-refractivity contribution in [3.8, 4) is 17.6 Å². The molecule has 0 bridgehead atoms. The van der Waals surface area contributed by atoms with Gasteiger partial charge in [0.05, 0.1) is 6.61 Å². The number of hydrogen-bond acceptors (Lipinski definition) is 4. The minimum Gasteiger partial charge on any atom is -0.504 e. The number of hydrogen-bond donors (Lipinski definition) is 2. The van der Waals surface area contributed by atoms with Gasteiger partial charge in [-0.3, -0.25) is 4.79 Å². The van der Waals surface area contributed by atoms with Gasteiger partial charge in [-0.05, 0) is 37.6 Å². The first-order chi connectivity index (χ1) is 9.12. The maximum Gasteiger partial charge on any atom is 0.261 e.